The second-order valence-corrected chi connectivity index (χ2v) is 5.98. The Bertz CT molecular complexity index is 473. The van der Waals surface area contributed by atoms with E-state index in [1.54, 1.807) is 6.20 Å². The van der Waals surface area contributed by atoms with E-state index in [0.717, 1.165) is 26.2 Å². The number of anilines is 1. The lowest BCUT2D eigenvalue weighted by Crippen LogP contribution is -2.36. The smallest absolute Gasteiger partial charge is 0.287 e. The van der Waals surface area contributed by atoms with Crippen molar-refractivity contribution in [3.05, 3.63) is 21.6 Å². The van der Waals surface area contributed by atoms with Crippen molar-refractivity contribution in [1.82, 2.24) is 14.7 Å². The van der Waals surface area contributed by atoms with Crippen LogP contribution < -0.4 is 10.9 Å². The number of rotatable bonds is 5. The third-order valence-electron chi connectivity index (χ3n) is 3.13. The van der Waals surface area contributed by atoms with Crippen molar-refractivity contribution >= 4 is 29.1 Å². The van der Waals surface area contributed by atoms with Crippen LogP contribution in [0.25, 0.3) is 0 Å². The molecule has 0 spiro atoms. The summed E-state index contributed by atoms with van der Waals surface area (Å²) in [6.45, 7) is 6.41. The molecule has 5 nitrogen and oxygen atoms in total. The highest BCUT2D eigenvalue weighted by Gasteiger charge is 2.11. The first-order valence-electron chi connectivity index (χ1n) is 6.52. The molecule has 0 saturated carbocycles. The zero-order chi connectivity index (χ0) is 13.7. The minimum absolute atomic E-state index is 0.228. The van der Waals surface area contributed by atoms with E-state index < -0.39 is 0 Å². The van der Waals surface area contributed by atoms with Gasteiger partial charge in [0.1, 0.15) is 5.02 Å². The first kappa shape index (κ1) is 14.7. The fraction of sp³-hybridized carbons (Fsp3) is 0.667. The Morgan fingerprint density at radius 1 is 1.47 bits per heavy atom. The first-order valence-corrected chi connectivity index (χ1v) is 8.05. The molecule has 1 aliphatic rings. The van der Waals surface area contributed by atoms with E-state index in [9.17, 15) is 4.79 Å². The van der Waals surface area contributed by atoms with Crippen LogP contribution in [-0.2, 0) is 6.54 Å². The first-order chi connectivity index (χ1) is 9.22. The van der Waals surface area contributed by atoms with Crippen molar-refractivity contribution in [1.29, 1.82) is 0 Å². The summed E-state index contributed by atoms with van der Waals surface area (Å²) in [7, 11) is 0. The van der Waals surface area contributed by atoms with Gasteiger partial charge in [0, 0.05) is 44.2 Å². The van der Waals surface area contributed by atoms with E-state index in [2.05, 4.69) is 15.3 Å². The Morgan fingerprint density at radius 3 is 2.89 bits per heavy atom. The van der Waals surface area contributed by atoms with Crippen LogP contribution in [0.15, 0.2) is 11.0 Å². The Kier molecular flexibility index (Phi) is 5.54. The maximum atomic E-state index is 11.8. The van der Waals surface area contributed by atoms with Crippen molar-refractivity contribution in [3.63, 3.8) is 0 Å². The number of halogens is 1. The molecule has 19 heavy (non-hydrogen) atoms. The van der Waals surface area contributed by atoms with Crippen LogP contribution in [0.1, 0.15) is 6.92 Å². The minimum Gasteiger partial charge on any atom is -0.381 e. The summed E-state index contributed by atoms with van der Waals surface area (Å²) >= 11 is 8.05. The predicted octanol–water partition coefficient (Wildman–Crippen LogP) is 1.38. The highest BCUT2D eigenvalue weighted by molar-refractivity contribution is 7.99. The van der Waals surface area contributed by atoms with Crippen molar-refractivity contribution < 1.29 is 0 Å². The Morgan fingerprint density at radius 2 is 2.21 bits per heavy atom. The molecule has 1 aromatic rings. The van der Waals surface area contributed by atoms with Crippen LogP contribution in [0.5, 0.6) is 0 Å². The molecule has 0 radical (unpaired) electrons. The third kappa shape index (κ3) is 3.87. The van der Waals surface area contributed by atoms with Crippen molar-refractivity contribution in [2.24, 2.45) is 0 Å². The summed E-state index contributed by atoms with van der Waals surface area (Å²) in [6, 6.07) is 0. The highest BCUT2D eigenvalue weighted by atomic mass is 35.5. The van der Waals surface area contributed by atoms with Crippen molar-refractivity contribution in [2.75, 3.05) is 43.0 Å². The van der Waals surface area contributed by atoms with E-state index in [1.165, 1.54) is 16.2 Å². The van der Waals surface area contributed by atoms with Crippen LogP contribution in [0.3, 0.4) is 0 Å². The average molecular weight is 303 g/mol. The van der Waals surface area contributed by atoms with E-state index in [1.807, 2.05) is 18.7 Å². The number of hydrogen-bond acceptors (Lipinski definition) is 5. The van der Waals surface area contributed by atoms with E-state index in [0.29, 0.717) is 12.2 Å². The van der Waals surface area contributed by atoms with Gasteiger partial charge in [-0.1, -0.05) is 11.6 Å². The molecule has 106 valence electrons. The molecule has 1 aromatic heterocycles. The molecular weight excluding hydrogens is 284 g/mol. The molecule has 0 unspecified atom stereocenters. The number of nitrogens with one attached hydrogen (secondary N) is 1. The van der Waals surface area contributed by atoms with E-state index in [4.69, 9.17) is 11.6 Å². The van der Waals surface area contributed by atoms with Gasteiger partial charge in [-0.2, -0.15) is 16.9 Å². The molecule has 2 rings (SSSR count). The third-order valence-corrected chi connectivity index (χ3v) is 4.44. The van der Waals surface area contributed by atoms with Crippen LogP contribution in [0.2, 0.25) is 5.02 Å². The van der Waals surface area contributed by atoms with Crippen LogP contribution in [0.4, 0.5) is 5.69 Å². The number of nitrogens with zero attached hydrogens (tertiary/aromatic N) is 3. The Balaban J connectivity index is 1.89. The number of hydrogen-bond donors (Lipinski definition) is 1. The van der Waals surface area contributed by atoms with Gasteiger partial charge in [0.2, 0.25) is 0 Å². The second-order valence-electron chi connectivity index (χ2n) is 4.37. The molecule has 1 fully saturated rings. The van der Waals surface area contributed by atoms with Crippen molar-refractivity contribution in [3.8, 4) is 0 Å². The molecule has 0 aliphatic carbocycles. The number of thioether (sulfide) groups is 1. The fourth-order valence-corrected chi connectivity index (χ4v) is 3.18. The Hall–Kier alpha value is -0.720. The summed E-state index contributed by atoms with van der Waals surface area (Å²) in [5, 5.41) is 7.49. The van der Waals surface area contributed by atoms with Gasteiger partial charge in [0.25, 0.3) is 5.56 Å². The second kappa shape index (κ2) is 7.17. The topological polar surface area (TPSA) is 50.2 Å². The van der Waals surface area contributed by atoms with Gasteiger partial charge in [-0.05, 0) is 6.92 Å². The van der Waals surface area contributed by atoms with Crippen LogP contribution >= 0.6 is 23.4 Å². The molecule has 0 bridgehead atoms. The summed E-state index contributed by atoms with van der Waals surface area (Å²) in [5.74, 6) is 2.41. The number of aryl methyl sites for hydroxylation is 1. The van der Waals surface area contributed by atoms with Crippen LogP contribution in [0, 0.1) is 0 Å². The van der Waals surface area contributed by atoms with Gasteiger partial charge in [-0.15, -0.1) is 0 Å². The zero-order valence-corrected chi connectivity index (χ0v) is 12.6. The quantitative estimate of drug-likeness (QED) is 0.890. The standard InChI is InChI=1S/C12H19ClN4OS/c1-2-17-12(18)11(13)10(9-15-17)14-3-4-16-5-7-19-8-6-16/h9,14H,2-8H2,1H3. The average Bonchev–Trinajstić information content (AvgIpc) is 2.45. The monoisotopic (exact) mass is 302 g/mol. The van der Waals surface area contributed by atoms with Gasteiger partial charge in [-0.3, -0.25) is 9.69 Å². The highest BCUT2D eigenvalue weighted by Crippen LogP contribution is 2.15. The molecule has 2 heterocycles. The maximum Gasteiger partial charge on any atom is 0.287 e. The summed E-state index contributed by atoms with van der Waals surface area (Å²) in [6.07, 6.45) is 1.62. The lowest BCUT2D eigenvalue weighted by atomic mass is 10.4. The largest absolute Gasteiger partial charge is 0.381 e. The lowest BCUT2D eigenvalue weighted by Gasteiger charge is -2.26. The molecule has 0 atom stereocenters. The molecule has 7 heteroatoms. The van der Waals surface area contributed by atoms with Crippen LogP contribution in [-0.4, -0.2) is 52.4 Å². The molecule has 1 N–H and O–H groups in total. The lowest BCUT2D eigenvalue weighted by molar-refractivity contribution is 0.314. The minimum atomic E-state index is -0.233. The van der Waals surface area contributed by atoms with Gasteiger partial charge in [0.15, 0.2) is 0 Å². The fourth-order valence-electron chi connectivity index (χ4n) is 1.99. The molecular formula is C12H19ClN4OS. The zero-order valence-electron chi connectivity index (χ0n) is 11.1. The summed E-state index contributed by atoms with van der Waals surface area (Å²) in [4.78, 5) is 14.2. The summed E-state index contributed by atoms with van der Waals surface area (Å²) in [5.41, 5.74) is 0.395. The SMILES string of the molecule is CCn1ncc(NCCN2CCSCC2)c(Cl)c1=O. The van der Waals surface area contributed by atoms with Gasteiger partial charge >= 0.3 is 0 Å². The maximum absolute atomic E-state index is 11.8. The predicted molar refractivity (Wildman–Crippen MR) is 81.4 cm³/mol. The molecule has 0 aromatic carbocycles. The van der Waals surface area contributed by atoms with E-state index >= 15 is 0 Å². The summed E-state index contributed by atoms with van der Waals surface area (Å²) < 4.78 is 1.36. The Labute approximate surface area is 122 Å². The van der Waals surface area contributed by atoms with Gasteiger partial charge in [0.05, 0.1) is 11.9 Å². The molecule has 0 amide bonds. The van der Waals surface area contributed by atoms with E-state index in [-0.39, 0.29) is 10.6 Å². The molecule has 1 saturated heterocycles. The van der Waals surface area contributed by atoms with Gasteiger partial charge in [-0.25, -0.2) is 4.68 Å². The normalized spacial score (nSPS) is 16.5. The van der Waals surface area contributed by atoms with Crippen molar-refractivity contribution in [2.45, 2.75) is 13.5 Å². The molecule has 1 aliphatic heterocycles. The van der Waals surface area contributed by atoms with Gasteiger partial charge < -0.3 is 5.32 Å². The number of aromatic nitrogens is 2.